The molecule has 1 N–H and O–H groups in total. The van der Waals surface area contributed by atoms with E-state index in [1.54, 1.807) is 0 Å². The average Bonchev–Trinajstić information content (AvgIpc) is 1.84. The summed E-state index contributed by atoms with van der Waals surface area (Å²) < 4.78 is 37.0. The van der Waals surface area contributed by atoms with Crippen LogP contribution < -0.4 is 5.32 Å². The third-order valence-corrected chi connectivity index (χ3v) is 1.01. The molecule has 0 aromatic carbocycles. The summed E-state index contributed by atoms with van der Waals surface area (Å²) in [6.07, 6.45) is -4.91. The van der Waals surface area contributed by atoms with Crippen LogP contribution in [0.5, 0.6) is 0 Å². The molecule has 0 rings (SSSR count). The van der Waals surface area contributed by atoms with Gasteiger partial charge in [0.15, 0.2) is 0 Å². The second kappa shape index (κ2) is 4.84. The van der Waals surface area contributed by atoms with Crippen molar-refractivity contribution in [1.29, 1.82) is 0 Å². The van der Waals surface area contributed by atoms with Crippen molar-refractivity contribution in [1.82, 2.24) is 5.32 Å². The van der Waals surface area contributed by atoms with Crippen LogP contribution in [0.2, 0.25) is 0 Å². The van der Waals surface area contributed by atoms with Gasteiger partial charge in [-0.25, -0.2) is 4.79 Å². The number of hydrogen-bond acceptors (Lipinski definition) is 2. The molecule has 0 saturated carbocycles. The third-order valence-electron chi connectivity index (χ3n) is 1.01. The van der Waals surface area contributed by atoms with Crippen molar-refractivity contribution in [3.63, 3.8) is 0 Å². The minimum absolute atomic E-state index is 0.200. The van der Waals surface area contributed by atoms with Gasteiger partial charge in [-0.3, -0.25) is 0 Å². The molecule has 0 aromatic heterocycles. The van der Waals surface area contributed by atoms with Crippen molar-refractivity contribution in [3.05, 3.63) is 0 Å². The van der Waals surface area contributed by atoms with E-state index >= 15 is 0 Å². The minimum Gasteiger partial charge on any atom is -0.356 e. The van der Waals surface area contributed by atoms with Gasteiger partial charge in [-0.15, -0.1) is 13.2 Å². The van der Waals surface area contributed by atoms with E-state index in [1.165, 1.54) is 0 Å². The van der Waals surface area contributed by atoms with E-state index in [0.29, 0.717) is 6.42 Å². The lowest BCUT2D eigenvalue weighted by Gasteiger charge is -2.07. The average molecular weight is 185 g/mol. The Morgan fingerprint density at radius 1 is 1.50 bits per heavy atom. The molecule has 0 spiro atoms. The zero-order valence-electron chi connectivity index (χ0n) is 6.57. The maximum atomic E-state index is 11.3. The van der Waals surface area contributed by atoms with Gasteiger partial charge in [-0.2, -0.15) is 0 Å². The summed E-state index contributed by atoms with van der Waals surface area (Å²) in [6, 6.07) is 0. The van der Waals surface area contributed by atoms with Crippen LogP contribution >= 0.6 is 0 Å². The van der Waals surface area contributed by atoms with E-state index in [4.69, 9.17) is 0 Å². The number of ether oxygens (including phenoxy) is 1. The summed E-state index contributed by atoms with van der Waals surface area (Å²) in [5, 5.41) is 1.96. The zero-order chi connectivity index (χ0) is 9.61. The first kappa shape index (κ1) is 11.1. The normalized spacial score (nSPS) is 11.0. The molecule has 0 saturated heterocycles. The Labute approximate surface area is 67.9 Å². The Balaban J connectivity index is 3.47. The molecular formula is C6H10F3NO2. The topological polar surface area (TPSA) is 38.3 Å². The van der Waals surface area contributed by atoms with Crippen LogP contribution in [0.4, 0.5) is 18.0 Å². The fraction of sp³-hybridized carbons (Fsp3) is 0.833. The summed E-state index contributed by atoms with van der Waals surface area (Å²) in [4.78, 5) is 10.3. The highest BCUT2D eigenvalue weighted by Gasteiger charge is 2.33. The van der Waals surface area contributed by atoms with Crippen LogP contribution in [0.3, 0.4) is 0 Å². The molecule has 0 atom stereocenters. The van der Waals surface area contributed by atoms with Crippen LogP contribution in [0, 0.1) is 0 Å². The Bertz CT molecular complexity index is 146. The van der Waals surface area contributed by atoms with E-state index in [0.717, 1.165) is 6.42 Å². The van der Waals surface area contributed by atoms with Crippen molar-refractivity contribution >= 4 is 6.09 Å². The van der Waals surface area contributed by atoms with Gasteiger partial charge in [0.05, 0.1) is 0 Å². The molecule has 0 aliphatic heterocycles. The highest BCUT2D eigenvalue weighted by Crippen LogP contribution is 2.15. The SMILES string of the molecule is CCCCNC(=O)OC(F)(F)F. The molecule has 0 aliphatic rings. The largest absolute Gasteiger partial charge is 0.576 e. The van der Waals surface area contributed by atoms with Crippen LogP contribution in [-0.4, -0.2) is 19.0 Å². The zero-order valence-corrected chi connectivity index (χ0v) is 6.57. The van der Waals surface area contributed by atoms with E-state index < -0.39 is 12.5 Å². The van der Waals surface area contributed by atoms with Crippen LogP contribution in [0.1, 0.15) is 19.8 Å². The Morgan fingerprint density at radius 3 is 2.50 bits per heavy atom. The summed E-state index contributed by atoms with van der Waals surface area (Å²) >= 11 is 0. The lowest BCUT2D eigenvalue weighted by molar-refractivity contribution is -0.291. The second-order valence-electron chi connectivity index (χ2n) is 2.12. The first-order valence-electron chi connectivity index (χ1n) is 3.49. The molecule has 0 radical (unpaired) electrons. The number of alkyl halides is 3. The molecule has 12 heavy (non-hydrogen) atoms. The van der Waals surface area contributed by atoms with Crippen molar-refractivity contribution < 1.29 is 22.7 Å². The molecule has 6 heteroatoms. The maximum Gasteiger partial charge on any atom is 0.576 e. The molecule has 0 aliphatic carbocycles. The summed E-state index contributed by atoms with van der Waals surface area (Å²) in [5.41, 5.74) is 0. The van der Waals surface area contributed by atoms with Gasteiger partial charge >= 0.3 is 12.5 Å². The maximum absolute atomic E-state index is 11.3. The number of amides is 1. The van der Waals surface area contributed by atoms with Gasteiger partial charge in [0, 0.05) is 6.54 Å². The second-order valence-corrected chi connectivity index (χ2v) is 2.12. The number of rotatable bonds is 3. The summed E-state index contributed by atoms with van der Waals surface area (Å²) in [5.74, 6) is 0. The number of unbranched alkanes of at least 4 members (excludes halogenated alkanes) is 1. The van der Waals surface area contributed by atoms with Crippen molar-refractivity contribution in [3.8, 4) is 0 Å². The molecule has 0 heterocycles. The smallest absolute Gasteiger partial charge is 0.356 e. The minimum atomic E-state index is -4.89. The monoisotopic (exact) mass is 185 g/mol. The lowest BCUT2D eigenvalue weighted by atomic mass is 10.3. The molecule has 72 valence electrons. The molecule has 0 fully saturated rings. The number of nitrogens with one attached hydrogen (secondary N) is 1. The van der Waals surface area contributed by atoms with Gasteiger partial charge in [0.25, 0.3) is 0 Å². The predicted molar refractivity (Wildman–Crippen MR) is 35.4 cm³/mol. The number of alkyl carbamates (subject to hydrolysis) is 1. The quantitative estimate of drug-likeness (QED) is 0.683. The Kier molecular flexibility index (Phi) is 4.46. The molecule has 0 aromatic rings. The van der Waals surface area contributed by atoms with Gasteiger partial charge in [0.2, 0.25) is 0 Å². The predicted octanol–water partition coefficient (Wildman–Crippen LogP) is 2.03. The summed E-state index contributed by atoms with van der Waals surface area (Å²) in [7, 11) is 0. The van der Waals surface area contributed by atoms with Gasteiger partial charge in [-0.05, 0) is 6.42 Å². The number of carbonyl (C=O) groups excluding carboxylic acids is 1. The standard InChI is InChI=1S/C6H10F3NO2/c1-2-3-4-10-5(11)12-6(7,8)9/h2-4H2,1H3,(H,10,11). The van der Waals surface area contributed by atoms with E-state index in [9.17, 15) is 18.0 Å². The van der Waals surface area contributed by atoms with E-state index in [2.05, 4.69) is 4.74 Å². The van der Waals surface area contributed by atoms with Crippen molar-refractivity contribution in [2.45, 2.75) is 26.1 Å². The molecule has 3 nitrogen and oxygen atoms in total. The van der Waals surface area contributed by atoms with Crippen LogP contribution in [0.15, 0.2) is 0 Å². The van der Waals surface area contributed by atoms with Gasteiger partial charge in [-0.1, -0.05) is 13.3 Å². The Morgan fingerprint density at radius 2 is 2.08 bits per heavy atom. The van der Waals surface area contributed by atoms with Crippen LogP contribution in [-0.2, 0) is 4.74 Å². The van der Waals surface area contributed by atoms with Gasteiger partial charge in [0.1, 0.15) is 0 Å². The first-order valence-corrected chi connectivity index (χ1v) is 3.49. The van der Waals surface area contributed by atoms with Crippen LogP contribution in [0.25, 0.3) is 0 Å². The third kappa shape index (κ3) is 7.17. The van der Waals surface area contributed by atoms with E-state index in [1.807, 2.05) is 12.2 Å². The number of halogens is 3. The van der Waals surface area contributed by atoms with Crippen molar-refractivity contribution in [2.75, 3.05) is 6.54 Å². The Hall–Kier alpha value is -0.940. The fourth-order valence-corrected chi connectivity index (χ4v) is 0.508. The number of carbonyl (C=O) groups is 1. The fourth-order valence-electron chi connectivity index (χ4n) is 0.508. The molecule has 0 bridgehead atoms. The molecule has 0 unspecified atom stereocenters. The highest BCUT2D eigenvalue weighted by atomic mass is 19.4. The number of hydrogen-bond donors (Lipinski definition) is 1. The first-order chi connectivity index (χ1) is 5.45. The molecular weight excluding hydrogens is 175 g/mol. The van der Waals surface area contributed by atoms with Crippen molar-refractivity contribution in [2.24, 2.45) is 0 Å². The lowest BCUT2D eigenvalue weighted by Crippen LogP contribution is -2.30. The van der Waals surface area contributed by atoms with E-state index in [-0.39, 0.29) is 6.54 Å². The summed E-state index contributed by atoms with van der Waals surface area (Å²) in [6.45, 7) is 2.06. The van der Waals surface area contributed by atoms with Gasteiger partial charge < -0.3 is 10.1 Å². The highest BCUT2D eigenvalue weighted by molar-refractivity contribution is 5.67. The molecule has 1 amide bonds.